The van der Waals surface area contributed by atoms with Crippen LogP contribution in [0.15, 0.2) is 24.3 Å². The molecule has 1 aromatic carbocycles. The van der Waals surface area contributed by atoms with Crippen molar-refractivity contribution in [1.82, 2.24) is 10.6 Å². The molecule has 0 aliphatic rings. The number of rotatable bonds is 8. The smallest absolute Gasteiger partial charge is 0.313 e. The Morgan fingerprint density at radius 2 is 1.11 bits per heavy atom. The number of carbonyl (C=O) groups is 4. The zero-order chi connectivity index (χ0) is 21.1. The van der Waals surface area contributed by atoms with Gasteiger partial charge in [-0.2, -0.15) is 0 Å². The van der Waals surface area contributed by atoms with E-state index in [0.717, 1.165) is 12.8 Å². The molecule has 0 aliphatic carbocycles. The summed E-state index contributed by atoms with van der Waals surface area (Å²) in [5, 5.41) is 10.0. The fourth-order valence-electron chi connectivity index (χ4n) is 2.16. The van der Waals surface area contributed by atoms with Crippen LogP contribution in [0.4, 0.5) is 11.4 Å². The number of benzene rings is 1. The summed E-state index contributed by atoms with van der Waals surface area (Å²) in [6.45, 7) is 8.94. The van der Waals surface area contributed by atoms with Gasteiger partial charge in [-0.15, -0.1) is 0 Å². The molecule has 0 bridgehead atoms. The van der Waals surface area contributed by atoms with Gasteiger partial charge < -0.3 is 21.3 Å². The predicted octanol–water partition coefficient (Wildman–Crippen LogP) is 1.89. The average molecular weight is 390 g/mol. The molecule has 28 heavy (non-hydrogen) atoms. The van der Waals surface area contributed by atoms with E-state index in [0.29, 0.717) is 36.3 Å². The Labute approximate surface area is 165 Å². The number of amides is 4. The van der Waals surface area contributed by atoms with Gasteiger partial charge >= 0.3 is 23.6 Å². The Bertz CT molecular complexity index is 646. The first-order valence-electron chi connectivity index (χ1n) is 9.47. The maximum Gasteiger partial charge on any atom is 0.313 e. The minimum atomic E-state index is -0.793. The maximum atomic E-state index is 11.9. The number of anilines is 2. The van der Waals surface area contributed by atoms with Gasteiger partial charge in [-0.1, -0.05) is 33.8 Å². The molecule has 0 aliphatic heterocycles. The lowest BCUT2D eigenvalue weighted by molar-refractivity contribution is -0.136. The van der Waals surface area contributed by atoms with Crippen LogP contribution in [-0.2, 0) is 19.2 Å². The molecule has 0 heterocycles. The van der Waals surface area contributed by atoms with Crippen molar-refractivity contribution in [1.29, 1.82) is 0 Å². The molecule has 154 valence electrons. The highest BCUT2D eigenvalue weighted by molar-refractivity contribution is 6.40. The summed E-state index contributed by atoms with van der Waals surface area (Å²) in [5.74, 6) is -2.19. The Morgan fingerprint density at radius 3 is 1.46 bits per heavy atom. The summed E-state index contributed by atoms with van der Waals surface area (Å²) in [6, 6.07) is 6.23. The van der Waals surface area contributed by atoms with Crippen LogP contribution in [0.1, 0.15) is 40.5 Å². The van der Waals surface area contributed by atoms with Crippen LogP contribution in [0.5, 0.6) is 0 Å². The Balaban J connectivity index is 2.54. The normalized spacial score (nSPS) is 10.5. The molecule has 4 N–H and O–H groups in total. The maximum absolute atomic E-state index is 11.9. The van der Waals surface area contributed by atoms with E-state index in [1.165, 1.54) is 6.07 Å². The van der Waals surface area contributed by atoms with Gasteiger partial charge in [-0.25, -0.2) is 0 Å². The van der Waals surface area contributed by atoms with Crippen LogP contribution in [0, 0.1) is 11.8 Å². The number of hydrogen-bond acceptors (Lipinski definition) is 4. The van der Waals surface area contributed by atoms with Gasteiger partial charge in [0.1, 0.15) is 0 Å². The van der Waals surface area contributed by atoms with Crippen molar-refractivity contribution in [3.8, 4) is 0 Å². The van der Waals surface area contributed by atoms with Crippen LogP contribution in [0.3, 0.4) is 0 Å². The third-order valence-electron chi connectivity index (χ3n) is 3.81. The number of hydrogen-bond donors (Lipinski definition) is 4. The van der Waals surface area contributed by atoms with Gasteiger partial charge in [0.2, 0.25) is 0 Å². The van der Waals surface area contributed by atoms with Crippen molar-refractivity contribution in [2.45, 2.75) is 40.5 Å². The van der Waals surface area contributed by atoms with Crippen molar-refractivity contribution in [2.24, 2.45) is 11.8 Å². The lowest BCUT2D eigenvalue weighted by atomic mass is 10.1. The molecule has 0 spiro atoms. The molecular weight excluding hydrogens is 360 g/mol. The highest BCUT2D eigenvalue weighted by atomic mass is 16.2. The third kappa shape index (κ3) is 9.16. The Morgan fingerprint density at radius 1 is 0.714 bits per heavy atom. The second kappa shape index (κ2) is 11.7. The lowest BCUT2D eigenvalue weighted by Crippen LogP contribution is -2.36. The summed E-state index contributed by atoms with van der Waals surface area (Å²) in [6.07, 6.45) is 1.56. The van der Waals surface area contributed by atoms with Crippen LogP contribution < -0.4 is 21.3 Å². The standard InChI is InChI=1S/C20H30N4O4/c1-13(2)8-10-21-17(25)19(27)23-15-6-5-7-16(12-15)24-20(28)18(26)22-11-9-14(3)4/h5-7,12-14H,8-11H2,1-4H3,(H,21,25)(H,22,26)(H,23,27)(H,24,28). The molecule has 0 aromatic heterocycles. The van der Waals surface area contributed by atoms with E-state index in [2.05, 4.69) is 21.3 Å². The van der Waals surface area contributed by atoms with Crippen LogP contribution in [0.25, 0.3) is 0 Å². The average Bonchev–Trinajstić information content (AvgIpc) is 2.61. The van der Waals surface area contributed by atoms with E-state index in [1.54, 1.807) is 18.2 Å². The van der Waals surface area contributed by atoms with Gasteiger partial charge in [0, 0.05) is 24.5 Å². The molecule has 4 amide bonds. The quantitative estimate of drug-likeness (QED) is 0.507. The second-order valence-electron chi connectivity index (χ2n) is 7.37. The number of nitrogens with one attached hydrogen (secondary N) is 4. The second-order valence-corrected chi connectivity index (χ2v) is 7.37. The number of carbonyl (C=O) groups excluding carboxylic acids is 4. The van der Waals surface area contributed by atoms with E-state index in [9.17, 15) is 19.2 Å². The fraction of sp³-hybridized carbons (Fsp3) is 0.500. The summed E-state index contributed by atoms with van der Waals surface area (Å²) >= 11 is 0. The summed E-state index contributed by atoms with van der Waals surface area (Å²) in [5.41, 5.74) is 0.670. The summed E-state index contributed by atoms with van der Waals surface area (Å²) in [4.78, 5) is 47.4. The van der Waals surface area contributed by atoms with Crippen LogP contribution >= 0.6 is 0 Å². The van der Waals surface area contributed by atoms with E-state index in [4.69, 9.17) is 0 Å². The molecule has 8 heteroatoms. The minimum Gasteiger partial charge on any atom is -0.348 e. The fourth-order valence-corrected chi connectivity index (χ4v) is 2.16. The van der Waals surface area contributed by atoms with Crippen molar-refractivity contribution in [2.75, 3.05) is 23.7 Å². The van der Waals surface area contributed by atoms with Gasteiger partial charge in [0.25, 0.3) is 0 Å². The molecule has 1 aromatic rings. The molecule has 1 rings (SSSR count). The van der Waals surface area contributed by atoms with Gasteiger partial charge in [-0.05, 0) is 42.9 Å². The lowest BCUT2D eigenvalue weighted by Gasteiger charge is -2.10. The monoisotopic (exact) mass is 390 g/mol. The highest BCUT2D eigenvalue weighted by Gasteiger charge is 2.15. The van der Waals surface area contributed by atoms with Crippen molar-refractivity contribution in [3.63, 3.8) is 0 Å². The third-order valence-corrected chi connectivity index (χ3v) is 3.81. The topological polar surface area (TPSA) is 116 Å². The molecule has 0 fully saturated rings. The van der Waals surface area contributed by atoms with Crippen molar-refractivity contribution < 1.29 is 19.2 Å². The summed E-state index contributed by atoms with van der Waals surface area (Å²) < 4.78 is 0. The first kappa shape index (κ1) is 23.1. The summed E-state index contributed by atoms with van der Waals surface area (Å²) in [7, 11) is 0. The van der Waals surface area contributed by atoms with E-state index >= 15 is 0 Å². The van der Waals surface area contributed by atoms with E-state index in [1.807, 2.05) is 27.7 Å². The molecular formula is C20H30N4O4. The predicted molar refractivity (Wildman–Crippen MR) is 109 cm³/mol. The van der Waals surface area contributed by atoms with E-state index in [-0.39, 0.29) is 0 Å². The molecule has 0 saturated heterocycles. The van der Waals surface area contributed by atoms with Gasteiger partial charge in [0.15, 0.2) is 0 Å². The molecule has 0 unspecified atom stereocenters. The van der Waals surface area contributed by atoms with Gasteiger partial charge in [0.05, 0.1) is 0 Å². The van der Waals surface area contributed by atoms with E-state index < -0.39 is 23.6 Å². The molecule has 0 radical (unpaired) electrons. The highest BCUT2D eigenvalue weighted by Crippen LogP contribution is 2.15. The van der Waals surface area contributed by atoms with Crippen molar-refractivity contribution in [3.05, 3.63) is 24.3 Å². The van der Waals surface area contributed by atoms with Crippen LogP contribution in [0.2, 0.25) is 0 Å². The first-order valence-corrected chi connectivity index (χ1v) is 9.47. The molecule has 8 nitrogen and oxygen atoms in total. The Hall–Kier alpha value is -2.90. The van der Waals surface area contributed by atoms with Crippen molar-refractivity contribution >= 4 is 35.0 Å². The minimum absolute atomic E-state index is 0.335. The zero-order valence-corrected chi connectivity index (χ0v) is 16.9. The SMILES string of the molecule is CC(C)CCNC(=O)C(=O)Nc1cccc(NC(=O)C(=O)NCCC(C)C)c1. The molecule has 0 atom stereocenters. The van der Waals surface area contributed by atoms with Crippen LogP contribution in [-0.4, -0.2) is 36.7 Å². The zero-order valence-electron chi connectivity index (χ0n) is 16.9. The Kier molecular flexibility index (Phi) is 9.70. The molecule has 0 saturated carbocycles. The largest absolute Gasteiger partial charge is 0.348 e. The van der Waals surface area contributed by atoms with Gasteiger partial charge in [-0.3, -0.25) is 19.2 Å². The first-order chi connectivity index (χ1) is 13.2.